The number of halogens is 1. The molecule has 0 spiro atoms. The molecule has 2 heterocycles. The molecule has 2 aromatic carbocycles. The molecule has 1 unspecified atom stereocenters. The quantitative estimate of drug-likeness (QED) is 0.782. The number of aryl methyl sites for hydroxylation is 1. The van der Waals surface area contributed by atoms with Gasteiger partial charge in [-0.25, -0.2) is 4.39 Å². The fourth-order valence-corrected chi connectivity index (χ4v) is 2.99. The molecular weight excluding hydrogens is 333 g/mol. The van der Waals surface area contributed by atoms with Gasteiger partial charge in [-0.3, -0.25) is 9.78 Å². The summed E-state index contributed by atoms with van der Waals surface area (Å²) in [6.07, 6.45) is 1.26. The number of pyridine rings is 1. The summed E-state index contributed by atoms with van der Waals surface area (Å²) in [5.41, 5.74) is 3.72. The minimum atomic E-state index is -0.749. The molecule has 0 fully saturated rings. The van der Waals surface area contributed by atoms with E-state index in [0.29, 0.717) is 17.0 Å². The number of oxime groups is 1. The number of hydrogen-bond donors (Lipinski definition) is 1. The molecule has 4 rings (SSSR count). The van der Waals surface area contributed by atoms with E-state index >= 15 is 0 Å². The Morgan fingerprint density at radius 1 is 1.23 bits per heavy atom. The highest BCUT2D eigenvalue weighted by atomic mass is 19.1. The molecule has 26 heavy (non-hydrogen) atoms. The van der Waals surface area contributed by atoms with Gasteiger partial charge >= 0.3 is 0 Å². The number of aromatic nitrogens is 1. The topological polar surface area (TPSA) is 63.6 Å². The van der Waals surface area contributed by atoms with E-state index in [1.54, 1.807) is 18.3 Å². The van der Waals surface area contributed by atoms with Gasteiger partial charge in [-0.15, -0.1) is 0 Å². The third kappa shape index (κ3) is 3.01. The van der Waals surface area contributed by atoms with Crippen LogP contribution in [-0.4, -0.2) is 22.7 Å². The van der Waals surface area contributed by atoms with Crippen molar-refractivity contribution in [2.45, 2.75) is 19.4 Å². The first-order valence-corrected chi connectivity index (χ1v) is 8.25. The average molecular weight is 349 g/mol. The molecule has 3 aromatic rings. The number of amides is 1. The number of nitrogens with zero attached hydrogens (tertiary/aromatic N) is 2. The Bertz CT molecular complexity index is 1030. The average Bonchev–Trinajstić information content (AvgIpc) is 3.15. The van der Waals surface area contributed by atoms with Crippen molar-refractivity contribution in [2.24, 2.45) is 5.16 Å². The summed E-state index contributed by atoms with van der Waals surface area (Å²) >= 11 is 0. The van der Waals surface area contributed by atoms with Crippen molar-refractivity contribution in [1.29, 1.82) is 0 Å². The lowest BCUT2D eigenvalue weighted by molar-refractivity contribution is -0.125. The lowest BCUT2D eigenvalue weighted by Crippen LogP contribution is -2.28. The van der Waals surface area contributed by atoms with Gasteiger partial charge < -0.3 is 10.2 Å². The fourth-order valence-electron chi connectivity index (χ4n) is 2.99. The van der Waals surface area contributed by atoms with Gasteiger partial charge in [-0.05, 0) is 42.8 Å². The van der Waals surface area contributed by atoms with E-state index in [-0.39, 0.29) is 18.1 Å². The predicted molar refractivity (Wildman–Crippen MR) is 97.5 cm³/mol. The molecule has 0 radical (unpaired) electrons. The molecule has 0 saturated carbocycles. The van der Waals surface area contributed by atoms with Crippen LogP contribution < -0.4 is 5.32 Å². The highest BCUT2D eigenvalue weighted by Crippen LogP contribution is 2.26. The molecule has 1 aliphatic heterocycles. The SMILES string of the molecule is Cc1ccc(NC(=O)C2CC(c3cccc(F)c3)=NO2)c2cccnc12. The Kier molecular flexibility index (Phi) is 4.08. The zero-order chi connectivity index (χ0) is 18.1. The molecule has 1 amide bonds. The number of benzene rings is 2. The summed E-state index contributed by atoms with van der Waals surface area (Å²) in [4.78, 5) is 22.2. The molecule has 5 nitrogen and oxygen atoms in total. The summed E-state index contributed by atoms with van der Waals surface area (Å²) in [5.74, 6) is -0.647. The molecule has 0 saturated heterocycles. The predicted octanol–water partition coefficient (Wildman–Crippen LogP) is 3.81. The second-order valence-electron chi connectivity index (χ2n) is 6.17. The van der Waals surface area contributed by atoms with Gasteiger partial charge in [-0.1, -0.05) is 23.4 Å². The van der Waals surface area contributed by atoms with E-state index in [1.807, 2.05) is 31.2 Å². The molecule has 1 aliphatic rings. The first-order chi connectivity index (χ1) is 12.6. The van der Waals surface area contributed by atoms with E-state index in [2.05, 4.69) is 15.5 Å². The van der Waals surface area contributed by atoms with E-state index in [4.69, 9.17) is 4.84 Å². The molecule has 0 bridgehead atoms. The molecule has 6 heteroatoms. The van der Waals surface area contributed by atoms with Crippen LogP contribution in [0.3, 0.4) is 0 Å². The van der Waals surface area contributed by atoms with Crippen molar-refractivity contribution in [3.8, 4) is 0 Å². The van der Waals surface area contributed by atoms with Crippen molar-refractivity contribution < 1.29 is 14.0 Å². The van der Waals surface area contributed by atoms with Crippen LogP contribution >= 0.6 is 0 Å². The molecule has 1 aromatic heterocycles. The number of rotatable bonds is 3. The van der Waals surface area contributed by atoms with E-state index in [1.165, 1.54) is 12.1 Å². The minimum absolute atomic E-state index is 0.289. The maximum absolute atomic E-state index is 13.4. The van der Waals surface area contributed by atoms with Crippen molar-refractivity contribution in [3.05, 3.63) is 71.7 Å². The van der Waals surface area contributed by atoms with Gasteiger partial charge in [-0.2, -0.15) is 0 Å². The number of hydrogen-bond acceptors (Lipinski definition) is 4. The van der Waals surface area contributed by atoms with Crippen molar-refractivity contribution in [3.63, 3.8) is 0 Å². The van der Waals surface area contributed by atoms with Gasteiger partial charge in [0, 0.05) is 23.6 Å². The number of fused-ring (bicyclic) bond motifs is 1. The van der Waals surface area contributed by atoms with Crippen LogP contribution in [0.5, 0.6) is 0 Å². The molecule has 1 atom stereocenters. The third-order valence-electron chi connectivity index (χ3n) is 4.35. The monoisotopic (exact) mass is 349 g/mol. The van der Waals surface area contributed by atoms with Crippen molar-refractivity contribution in [1.82, 2.24) is 4.98 Å². The maximum atomic E-state index is 13.4. The van der Waals surface area contributed by atoms with Gasteiger partial charge in [0.1, 0.15) is 5.82 Å². The van der Waals surface area contributed by atoms with E-state index < -0.39 is 6.10 Å². The van der Waals surface area contributed by atoms with Crippen LogP contribution in [0.25, 0.3) is 10.9 Å². The third-order valence-corrected chi connectivity index (χ3v) is 4.35. The Morgan fingerprint density at radius 2 is 2.12 bits per heavy atom. The lowest BCUT2D eigenvalue weighted by Gasteiger charge is -2.12. The van der Waals surface area contributed by atoms with Gasteiger partial charge in [0.2, 0.25) is 6.10 Å². The van der Waals surface area contributed by atoms with Crippen LogP contribution in [0.2, 0.25) is 0 Å². The Labute approximate surface area is 149 Å². The summed E-state index contributed by atoms with van der Waals surface area (Å²) < 4.78 is 13.4. The van der Waals surface area contributed by atoms with Crippen LogP contribution in [0, 0.1) is 12.7 Å². The smallest absolute Gasteiger partial charge is 0.268 e. The Hall–Kier alpha value is -3.28. The summed E-state index contributed by atoms with van der Waals surface area (Å²) in [6.45, 7) is 1.97. The standard InChI is InChI=1S/C20H16FN3O2/c1-12-7-8-16(15-6-3-9-22-19(12)15)23-20(25)18-11-17(24-26-18)13-4-2-5-14(21)10-13/h2-10,18H,11H2,1H3,(H,23,25). The molecular formula is C20H16FN3O2. The first kappa shape index (κ1) is 16.2. The van der Waals surface area contributed by atoms with Crippen LogP contribution in [0.1, 0.15) is 17.5 Å². The number of carbonyl (C=O) groups excluding carboxylic acids is 1. The minimum Gasteiger partial charge on any atom is -0.382 e. The van der Waals surface area contributed by atoms with E-state index in [9.17, 15) is 9.18 Å². The van der Waals surface area contributed by atoms with Crippen LogP contribution in [0.15, 0.2) is 59.9 Å². The number of carbonyl (C=O) groups is 1. The highest BCUT2D eigenvalue weighted by molar-refractivity contribution is 6.08. The van der Waals surface area contributed by atoms with E-state index in [0.717, 1.165) is 16.5 Å². The fraction of sp³-hybridized carbons (Fsp3) is 0.150. The van der Waals surface area contributed by atoms with Crippen LogP contribution in [-0.2, 0) is 9.63 Å². The molecule has 130 valence electrons. The molecule has 1 N–H and O–H groups in total. The zero-order valence-electron chi connectivity index (χ0n) is 14.1. The number of nitrogens with one attached hydrogen (secondary N) is 1. The Morgan fingerprint density at radius 3 is 2.96 bits per heavy atom. The number of anilines is 1. The zero-order valence-corrected chi connectivity index (χ0v) is 14.1. The summed E-state index contributed by atoms with van der Waals surface area (Å²) in [6, 6.07) is 13.6. The van der Waals surface area contributed by atoms with Crippen LogP contribution in [0.4, 0.5) is 10.1 Å². The second-order valence-corrected chi connectivity index (χ2v) is 6.17. The summed E-state index contributed by atoms with van der Waals surface area (Å²) in [5, 5.41) is 7.70. The highest BCUT2D eigenvalue weighted by Gasteiger charge is 2.29. The largest absolute Gasteiger partial charge is 0.382 e. The first-order valence-electron chi connectivity index (χ1n) is 8.25. The normalized spacial score (nSPS) is 16.2. The lowest BCUT2D eigenvalue weighted by atomic mass is 10.0. The Balaban J connectivity index is 1.51. The van der Waals surface area contributed by atoms with Gasteiger partial charge in [0.05, 0.1) is 16.9 Å². The van der Waals surface area contributed by atoms with Crippen molar-refractivity contribution >= 4 is 28.2 Å². The molecule has 0 aliphatic carbocycles. The van der Waals surface area contributed by atoms with Gasteiger partial charge in [0.15, 0.2) is 0 Å². The van der Waals surface area contributed by atoms with Crippen molar-refractivity contribution in [2.75, 3.05) is 5.32 Å². The summed E-state index contributed by atoms with van der Waals surface area (Å²) in [7, 11) is 0. The maximum Gasteiger partial charge on any atom is 0.268 e. The second kappa shape index (κ2) is 6.55. The van der Waals surface area contributed by atoms with Gasteiger partial charge in [0.25, 0.3) is 5.91 Å².